The van der Waals surface area contributed by atoms with Gasteiger partial charge in [0.05, 0.1) is 6.92 Å². The fraction of sp³-hybridized carbons (Fsp3) is 0.812. The standard InChI is InChI=1S/C32H54O3/c1-32(33-29-23-17-11-5-2-6-12-18-24-29,34-30-25-19-13-7-3-8-14-20-26-30)35-31-27-21-15-9-4-10-16-22-28-31/h23,25,27H,2-22,24,26,28H2,1H3. The van der Waals surface area contributed by atoms with Crippen molar-refractivity contribution in [1.82, 2.24) is 0 Å². The Morgan fingerprint density at radius 3 is 0.971 bits per heavy atom. The second-order valence-corrected chi connectivity index (χ2v) is 11.2. The van der Waals surface area contributed by atoms with E-state index in [4.69, 9.17) is 14.2 Å². The van der Waals surface area contributed by atoms with E-state index in [-0.39, 0.29) is 0 Å². The van der Waals surface area contributed by atoms with E-state index in [1.807, 2.05) is 6.92 Å². The lowest BCUT2D eigenvalue weighted by atomic mass is 10.0. The highest BCUT2D eigenvalue weighted by Crippen LogP contribution is 2.32. The van der Waals surface area contributed by atoms with Crippen LogP contribution in [-0.4, -0.2) is 5.97 Å². The molecule has 200 valence electrons. The largest absolute Gasteiger partial charge is 0.426 e. The van der Waals surface area contributed by atoms with Crippen molar-refractivity contribution in [2.75, 3.05) is 0 Å². The van der Waals surface area contributed by atoms with E-state index in [1.54, 1.807) is 0 Å². The summed E-state index contributed by atoms with van der Waals surface area (Å²) in [5, 5.41) is 0. The van der Waals surface area contributed by atoms with Gasteiger partial charge in [-0.2, -0.15) is 0 Å². The van der Waals surface area contributed by atoms with Crippen molar-refractivity contribution in [2.45, 2.75) is 167 Å². The Bertz CT molecular complexity index is 571. The summed E-state index contributed by atoms with van der Waals surface area (Å²) in [6.07, 6.45) is 36.5. The Morgan fingerprint density at radius 2 is 0.657 bits per heavy atom. The van der Waals surface area contributed by atoms with Crippen LogP contribution in [0.25, 0.3) is 0 Å². The van der Waals surface area contributed by atoms with Crippen LogP contribution in [0.2, 0.25) is 0 Å². The molecule has 0 spiro atoms. The van der Waals surface area contributed by atoms with Crippen LogP contribution in [0.3, 0.4) is 0 Å². The van der Waals surface area contributed by atoms with Crippen LogP contribution in [0, 0.1) is 0 Å². The molecule has 3 rings (SSSR count). The van der Waals surface area contributed by atoms with Crippen molar-refractivity contribution < 1.29 is 14.2 Å². The van der Waals surface area contributed by atoms with Crippen LogP contribution in [0.15, 0.2) is 35.5 Å². The number of allylic oxidation sites excluding steroid dienone is 6. The molecule has 0 bridgehead atoms. The monoisotopic (exact) mass is 486 g/mol. The Labute approximate surface area is 216 Å². The van der Waals surface area contributed by atoms with Gasteiger partial charge in [-0.3, -0.25) is 0 Å². The van der Waals surface area contributed by atoms with Crippen molar-refractivity contribution in [3.8, 4) is 0 Å². The van der Waals surface area contributed by atoms with Crippen molar-refractivity contribution in [3.05, 3.63) is 35.5 Å². The summed E-state index contributed by atoms with van der Waals surface area (Å²) in [6.45, 7) is 2.02. The zero-order valence-electron chi connectivity index (χ0n) is 22.9. The van der Waals surface area contributed by atoms with Gasteiger partial charge in [-0.05, 0) is 76.0 Å². The topological polar surface area (TPSA) is 27.7 Å². The van der Waals surface area contributed by atoms with Gasteiger partial charge in [0.15, 0.2) is 0 Å². The van der Waals surface area contributed by atoms with Crippen molar-refractivity contribution >= 4 is 0 Å². The normalized spacial score (nSPS) is 24.4. The van der Waals surface area contributed by atoms with Crippen LogP contribution >= 0.6 is 0 Å². The van der Waals surface area contributed by atoms with Gasteiger partial charge < -0.3 is 14.2 Å². The van der Waals surface area contributed by atoms with Crippen LogP contribution in [0.5, 0.6) is 0 Å². The molecule has 3 aliphatic rings. The first kappa shape index (κ1) is 28.2. The van der Waals surface area contributed by atoms with Crippen LogP contribution in [0.4, 0.5) is 0 Å². The van der Waals surface area contributed by atoms with Crippen molar-refractivity contribution in [1.29, 1.82) is 0 Å². The lowest BCUT2D eigenvalue weighted by Crippen LogP contribution is -2.35. The SMILES string of the molecule is CC(OC1=CCCCCCCCC1)(OC1=CCCCCCCCC1)OC1=CCCCCCCCC1. The molecular formula is C32H54O3. The molecule has 0 heterocycles. The zero-order valence-corrected chi connectivity index (χ0v) is 22.9. The third-order valence-electron chi connectivity index (χ3n) is 7.70. The number of hydrogen-bond donors (Lipinski definition) is 0. The third-order valence-corrected chi connectivity index (χ3v) is 7.70. The molecule has 35 heavy (non-hydrogen) atoms. The number of ether oxygens (including phenoxy) is 3. The van der Waals surface area contributed by atoms with E-state index in [9.17, 15) is 0 Å². The van der Waals surface area contributed by atoms with Gasteiger partial charge in [0, 0.05) is 19.3 Å². The minimum atomic E-state index is -1.10. The van der Waals surface area contributed by atoms with Crippen LogP contribution in [-0.2, 0) is 14.2 Å². The van der Waals surface area contributed by atoms with Gasteiger partial charge in [0.1, 0.15) is 17.3 Å². The van der Waals surface area contributed by atoms with Gasteiger partial charge in [0.25, 0.3) is 0 Å². The Morgan fingerprint density at radius 1 is 0.400 bits per heavy atom. The fourth-order valence-electron chi connectivity index (χ4n) is 5.60. The second-order valence-electron chi connectivity index (χ2n) is 11.2. The van der Waals surface area contributed by atoms with E-state index in [1.165, 1.54) is 116 Å². The first-order chi connectivity index (χ1) is 17.2. The molecule has 0 fully saturated rings. The summed E-state index contributed by atoms with van der Waals surface area (Å²) in [7, 11) is 0. The molecule has 3 nitrogen and oxygen atoms in total. The molecule has 0 amide bonds. The zero-order chi connectivity index (χ0) is 24.4. The molecule has 0 saturated carbocycles. The molecule has 0 N–H and O–H groups in total. The Balaban J connectivity index is 1.76. The average Bonchev–Trinajstić information content (AvgIpc) is 2.86. The fourth-order valence-corrected chi connectivity index (χ4v) is 5.60. The molecule has 3 heteroatoms. The minimum absolute atomic E-state index is 0.987. The van der Waals surface area contributed by atoms with Crippen LogP contribution in [0.1, 0.15) is 161 Å². The van der Waals surface area contributed by atoms with Gasteiger partial charge >= 0.3 is 5.97 Å². The summed E-state index contributed by atoms with van der Waals surface area (Å²) in [5.41, 5.74) is 0. The summed E-state index contributed by atoms with van der Waals surface area (Å²) in [5.74, 6) is 2.10. The number of hydrogen-bond acceptors (Lipinski definition) is 3. The maximum atomic E-state index is 6.71. The molecule has 0 radical (unpaired) electrons. The summed E-state index contributed by atoms with van der Waals surface area (Å²) >= 11 is 0. The summed E-state index contributed by atoms with van der Waals surface area (Å²) < 4.78 is 20.1. The maximum absolute atomic E-state index is 6.71. The third kappa shape index (κ3) is 12.4. The highest BCUT2D eigenvalue weighted by atomic mass is 16.9. The van der Waals surface area contributed by atoms with Crippen LogP contribution < -0.4 is 0 Å². The smallest absolute Gasteiger partial charge is 0.413 e. The van der Waals surface area contributed by atoms with Gasteiger partial charge in [0.2, 0.25) is 0 Å². The minimum Gasteiger partial charge on any atom is -0.426 e. The highest BCUT2D eigenvalue weighted by molar-refractivity contribution is 5.00. The molecule has 0 aromatic heterocycles. The van der Waals surface area contributed by atoms with E-state index in [2.05, 4.69) is 18.2 Å². The number of rotatable bonds is 6. The molecule has 0 saturated heterocycles. The molecule has 0 unspecified atom stereocenters. The van der Waals surface area contributed by atoms with E-state index < -0.39 is 5.97 Å². The molecule has 3 aliphatic carbocycles. The molecule has 0 atom stereocenters. The summed E-state index contributed by atoms with van der Waals surface area (Å²) in [4.78, 5) is 0. The molecule has 0 aliphatic heterocycles. The first-order valence-corrected chi connectivity index (χ1v) is 15.4. The molecular weight excluding hydrogens is 432 g/mol. The van der Waals surface area contributed by atoms with E-state index in [0.29, 0.717) is 0 Å². The quantitative estimate of drug-likeness (QED) is 0.349. The van der Waals surface area contributed by atoms with Gasteiger partial charge in [-0.15, -0.1) is 0 Å². The molecule has 0 aromatic rings. The first-order valence-electron chi connectivity index (χ1n) is 15.4. The van der Waals surface area contributed by atoms with E-state index in [0.717, 1.165) is 55.8 Å². The lowest BCUT2D eigenvalue weighted by Gasteiger charge is -2.34. The predicted molar refractivity (Wildman–Crippen MR) is 147 cm³/mol. The average molecular weight is 487 g/mol. The van der Waals surface area contributed by atoms with Crippen molar-refractivity contribution in [2.24, 2.45) is 0 Å². The van der Waals surface area contributed by atoms with Crippen molar-refractivity contribution in [3.63, 3.8) is 0 Å². The highest BCUT2D eigenvalue weighted by Gasteiger charge is 2.34. The second kappa shape index (κ2) is 17.1. The summed E-state index contributed by atoms with van der Waals surface area (Å²) in [6, 6.07) is 0. The van der Waals surface area contributed by atoms with Gasteiger partial charge in [-0.1, -0.05) is 77.0 Å². The van der Waals surface area contributed by atoms with Gasteiger partial charge in [-0.25, -0.2) is 0 Å². The Kier molecular flexibility index (Phi) is 13.8. The lowest BCUT2D eigenvalue weighted by molar-refractivity contribution is -0.327. The maximum Gasteiger partial charge on any atom is 0.413 e. The predicted octanol–water partition coefficient (Wildman–Crippen LogP) is 10.8. The van der Waals surface area contributed by atoms with E-state index >= 15 is 0 Å². The Hall–Kier alpha value is -1.38. The molecule has 0 aromatic carbocycles.